The first-order valence-electron chi connectivity index (χ1n) is 8.24. The van der Waals surface area contributed by atoms with Gasteiger partial charge >= 0.3 is 6.01 Å². The molecular weight excluding hydrogens is 378 g/mol. The van der Waals surface area contributed by atoms with E-state index in [0.29, 0.717) is 23.6 Å². The van der Waals surface area contributed by atoms with Crippen molar-refractivity contribution < 1.29 is 9.53 Å². The van der Waals surface area contributed by atoms with Crippen molar-refractivity contribution in [1.82, 2.24) is 14.9 Å². The smallest absolute Gasteiger partial charge is 0.316 e. The minimum atomic E-state index is -0.00893. The molecule has 23 heavy (non-hydrogen) atoms. The molecule has 0 aromatic carbocycles. The summed E-state index contributed by atoms with van der Waals surface area (Å²) in [6.07, 6.45) is 10.4. The predicted octanol–water partition coefficient (Wildman–Crippen LogP) is 3.28. The summed E-state index contributed by atoms with van der Waals surface area (Å²) in [5.41, 5.74) is 0. The average Bonchev–Trinajstić information content (AvgIpc) is 3.08. The highest BCUT2D eigenvalue weighted by Gasteiger charge is 2.26. The van der Waals surface area contributed by atoms with E-state index in [4.69, 9.17) is 4.74 Å². The fourth-order valence-corrected chi connectivity index (χ4v) is 4.54. The number of nitrogens with zero attached hydrogens (tertiary/aromatic N) is 3. The molecule has 1 saturated heterocycles. The first kappa shape index (κ1) is 17.0. The summed E-state index contributed by atoms with van der Waals surface area (Å²) in [6, 6.07) is 0.382. The Balaban J connectivity index is 1.46. The molecule has 1 aromatic rings. The minimum absolute atomic E-state index is 0.00893. The van der Waals surface area contributed by atoms with E-state index < -0.39 is 0 Å². The van der Waals surface area contributed by atoms with Crippen LogP contribution in [-0.4, -0.2) is 51.0 Å². The zero-order valence-corrected chi connectivity index (χ0v) is 15.5. The lowest BCUT2D eigenvalue weighted by atomic mass is 10.1. The highest BCUT2D eigenvalue weighted by atomic mass is 79.9. The Morgan fingerprint density at radius 3 is 2.74 bits per heavy atom. The van der Waals surface area contributed by atoms with Crippen LogP contribution in [0, 0.1) is 0 Å². The number of amides is 1. The SMILES string of the molecule is O=C(CSC1CCCC1)N1CCCC(Oc2ncc(Br)cn2)C1. The molecule has 0 N–H and O–H groups in total. The van der Waals surface area contributed by atoms with Crippen molar-refractivity contribution in [2.45, 2.75) is 49.9 Å². The second-order valence-corrected chi connectivity index (χ2v) is 8.33. The van der Waals surface area contributed by atoms with Crippen LogP contribution >= 0.6 is 27.7 Å². The lowest BCUT2D eigenvalue weighted by molar-refractivity contribution is -0.131. The minimum Gasteiger partial charge on any atom is -0.458 e. The Hall–Kier alpha value is -0.820. The summed E-state index contributed by atoms with van der Waals surface area (Å²) in [6.45, 7) is 1.48. The van der Waals surface area contributed by atoms with E-state index in [-0.39, 0.29) is 12.0 Å². The summed E-state index contributed by atoms with van der Waals surface area (Å²) in [4.78, 5) is 22.6. The van der Waals surface area contributed by atoms with Gasteiger partial charge in [-0.1, -0.05) is 12.8 Å². The van der Waals surface area contributed by atoms with Gasteiger partial charge in [0.05, 0.1) is 16.8 Å². The molecule has 1 aromatic heterocycles. The van der Waals surface area contributed by atoms with Crippen molar-refractivity contribution in [1.29, 1.82) is 0 Å². The Morgan fingerprint density at radius 1 is 1.26 bits per heavy atom. The molecule has 3 rings (SSSR count). The zero-order valence-electron chi connectivity index (χ0n) is 13.1. The van der Waals surface area contributed by atoms with Crippen molar-refractivity contribution in [3.8, 4) is 6.01 Å². The average molecular weight is 400 g/mol. The molecule has 0 radical (unpaired) electrons. The molecule has 1 saturated carbocycles. The maximum Gasteiger partial charge on any atom is 0.316 e. The quantitative estimate of drug-likeness (QED) is 0.759. The molecule has 1 aliphatic heterocycles. The molecule has 7 heteroatoms. The summed E-state index contributed by atoms with van der Waals surface area (Å²) in [5, 5.41) is 0.687. The van der Waals surface area contributed by atoms with Gasteiger partial charge in [-0.15, -0.1) is 11.8 Å². The van der Waals surface area contributed by atoms with Crippen LogP contribution in [0.1, 0.15) is 38.5 Å². The normalized spacial score (nSPS) is 22.3. The van der Waals surface area contributed by atoms with Gasteiger partial charge in [0.25, 0.3) is 0 Å². The summed E-state index contributed by atoms with van der Waals surface area (Å²) >= 11 is 5.14. The number of thioether (sulfide) groups is 1. The van der Waals surface area contributed by atoms with Crippen LogP contribution in [0.25, 0.3) is 0 Å². The first-order valence-corrected chi connectivity index (χ1v) is 10.1. The van der Waals surface area contributed by atoms with E-state index in [2.05, 4.69) is 25.9 Å². The Morgan fingerprint density at radius 2 is 2.00 bits per heavy atom. The number of piperidine rings is 1. The topological polar surface area (TPSA) is 55.3 Å². The van der Waals surface area contributed by atoms with Crippen LogP contribution in [0.5, 0.6) is 6.01 Å². The van der Waals surface area contributed by atoms with Crippen LogP contribution in [0.3, 0.4) is 0 Å². The number of aromatic nitrogens is 2. The van der Waals surface area contributed by atoms with Gasteiger partial charge in [-0.05, 0) is 41.6 Å². The van der Waals surface area contributed by atoms with Gasteiger partial charge in [-0.2, -0.15) is 0 Å². The van der Waals surface area contributed by atoms with Crippen molar-refractivity contribution in [2.24, 2.45) is 0 Å². The fourth-order valence-electron chi connectivity index (χ4n) is 3.11. The highest BCUT2D eigenvalue weighted by Crippen LogP contribution is 2.29. The number of halogens is 1. The molecule has 1 unspecified atom stereocenters. The maximum atomic E-state index is 12.4. The molecule has 2 aliphatic rings. The van der Waals surface area contributed by atoms with Crippen molar-refractivity contribution in [2.75, 3.05) is 18.8 Å². The van der Waals surface area contributed by atoms with Gasteiger partial charge in [0.1, 0.15) is 6.10 Å². The second kappa shape index (κ2) is 8.33. The highest BCUT2D eigenvalue weighted by molar-refractivity contribution is 9.10. The second-order valence-electron chi connectivity index (χ2n) is 6.12. The number of rotatable bonds is 5. The summed E-state index contributed by atoms with van der Waals surface area (Å²) in [7, 11) is 0. The lowest BCUT2D eigenvalue weighted by Gasteiger charge is -2.32. The number of hydrogen-bond donors (Lipinski definition) is 0. The molecule has 0 bridgehead atoms. The maximum absolute atomic E-state index is 12.4. The molecule has 1 amide bonds. The molecular formula is C16H22BrN3O2S. The fraction of sp³-hybridized carbons (Fsp3) is 0.688. The molecule has 2 fully saturated rings. The zero-order chi connectivity index (χ0) is 16.1. The standard InChI is InChI=1S/C16H22BrN3O2S/c17-12-8-18-16(19-9-12)22-13-4-3-7-20(10-13)15(21)11-23-14-5-1-2-6-14/h8-9,13-14H,1-7,10-11H2. The summed E-state index contributed by atoms with van der Waals surface area (Å²) in [5.74, 6) is 0.846. The van der Waals surface area contributed by atoms with E-state index in [1.165, 1.54) is 25.7 Å². The van der Waals surface area contributed by atoms with Crippen molar-refractivity contribution in [3.05, 3.63) is 16.9 Å². The third-order valence-electron chi connectivity index (χ3n) is 4.34. The van der Waals surface area contributed by atoms with Crippen molar-refractivity contribution >= 4 is 33.6 Å². The van der Waals surface area contributed by atoms with E-state index >= 15 is 0 Å². The van der Waals surface area contributed by atoms with Gasteiger partial charge in [-0.25, -0.2) is 9.97 Å². The van der Waals surface area contributed by atoms with E-state index in [0.717, 1.165) is 23.9 Å². The summed E-state index contributed by atoms with van der Waals surface area (Å²) < 4.78 is 6.65. The molecule has 126 valence electrons. The lowest BCUT2D eigenvalue weighted by Crippen LogP contribution is -2.45. The number of carbonyl (C=O) groups excluding carboxylic acids is 1. The van der Waals surface area contributed by atoms with Crippen LogP contribution < -0.4 is 4.74 Å². The van der Waals surface area contributed by atoms with Crippen LogP contribution in [-0.2, 0) is 4.79 Å². The van der Waals surface area contributed by atoms with Gasteiger partial charge in [0.15, 0.2) is 0 Å². The number of likely N-dealkylation sites (tertiary alicyclic amines) is 1. The van der Waals surface area contributed by atoms with Gasteiger partial charge in [-0.3, -0.25) is 4.79 Å². The van der Waals surface area contributed by atoms with E-state index in [1.807, 2.05) is 16.7 Å². The molecule has 5 nitrogen and oxygen atoms in total. The molecule has 1 aliphatic carbocycles. The van der Waals surface area contributed by atoms with Crippen molar-refractivity contribution in [3.63, 3.8) is 0 Å². The molecule has 2 heterocycles. The van der Waals surface area contributed by atoms with E-state index in [1.54, 1.807) is 12.4 Å². The van der Waals surface area contributed by atoms with Crippen LogP contribution in [0.4, 0.5) is 0 Å². The third kappa shape index (κ3) is 5.08. The molecule has 0 spiro atoms. The Bertz CT molecular complexity index is 523. The molecule has 1 atom stereocenters. The first-order chi connectivity index (χ1) is 11.2. The Kier molecular flexibility index (Phi) is 6.16. The van der Waals surface area contributed by atoms with E-state index in [9.17, 15) is 4.79 Å². The van der Waals surface area contributed by atoms with Gasteiger partial charge in [0, 0.05) is 24.2 Å². The van der Waals surface area contributed by atoms with Gasteiger partial charge < -0.3 is 9.64 Å². The van der Waals surface area contributed by atoms with Crippen LogP contribution in [0.15, 0.2) is 16.9 Å². The predicted molar refractivity (Wildman–Crippen MR) is 94.7 cm³/mol. The largest absolute Gasteiger partial charge is 0.458 e. The van der Waals surface area contributed by atoms with Crippen LogP contribution in [0.2, 0.25) is 0 Å². The third-order valence-corrected chi connectivity index (χ3v) is 6.11. The monoisotopic (exact) mass is 399 g/mol. The number of hydrogen-bond acceptors (Lipinski definition) is 5. The van der Waals surface area contributed by atoms with Gasteiger partial charge in [0.2, 0.25) is 5.91 Å². The number of ether oxygens (including phenoxy) is 1. The Labute approximate surface area is 149 Å². The number of carbonyl (C=O) groups is 1.